The van der Waals surface area contributed by atoms with Crippen molar-refractivity contribution in [2.75, 3.05) is 6.54 Å². The van der Waals surface area contributed by atoms with Gasteiger partial charge in [-0.2, -0.15) is 0 Å². The van der Waals surface area contributed by atoms with Crippen molar-refractivity contribution in [2.45, 2.75) is 51.2 Å². The number of carbonyl (C=O) groups is 1. The lowest BCUT2D eigenvalue weighted by Crippen LogP contribution is -2.41. The highest BCUT2D eigenvalue weighted by molar-refractivity contribution is 9.10. The molecule has 2 aliphatic rings. The van der Waals surface area contributed by atoms with Gasteiger partial charge in [0.05, 0.1) is 0 Å². The first-order chi connectivity index (χ1) is 10.1. The van der Waals surface area contributed by atoms with Crippen molar-refractivity contribution in [3.63, 3.8) is 0 Å². The molecule has 0 bridgehead atoms. The molecule has 1 saturated heterocycles. The Morgan fingerprint density at radius 3 is 2.77 bits per heavy atom. The van der Waals surface area contributed by atoms with Gasteiger partial charge in [0.1, 0.15) is 11.4 Å². The number of carbonyl (C=O) groups excluding carboxylic acids is 1. The number of hydrogen-bond acceptors (Lipinski definition) is 2. The monoisotopic (exact) mass is 369 g/mol. The number of amides is 1. The van der Waals surface area contributed by atoms with E-state index in [-0.39, 0.29) is 23.4 Å². The van der Waals surface area contributed by atoms with Crippen LogP contribution < -0.4 is 0 Å². The first-order valence-corrected chi connectivity index (χ1v) is 8.38. The van der Waals surface area contributed by atoms with E-state index in [1.807, 2.05) is 33.8 Å². The Labute approximate surface area is 139 Å². The first-order valence-electron chi connectivity index (χ1n) is 7.59. The predicted molar refractivity (Wildman–Crippen MR) is 86.3 cm³/mol. The zero-order chi connectivity index (χ0) is 16.3. The van der Waals surface area contributed by atoms with E-state index in [0.717, 1.165) is 10.9 Å². The fourth-order valence-corrected chi connectivity index (χ4v) is 4.00. The van der Waals surface area contributed by atoms with Gasteiger partial charge in [-0.1, -0.05) is 15.9 Å². The van der Waals surface area contributed by atoms with Crippen LogP contribution in [0.3, 0.4) is 0 Å². The number of halogens is 2. The van der Waals surface area contributed by atoms with Crippen molar-refractivity contribution in [3.05, 3.63) is 34.1 Å². The van der Waals surface area contributed by atoms with E-state index in [4.69, 9.17) is 4.74 Å². The zero-order valence-electron chi connectivity index (χ0n) is 13.3. The second-order valence-corrected chi connectivity index (χ2v) is 8.36. The number of likely N-dealkylation sites (tertiary alicyclic amines) is 1. The number of fused-ring (bicyclic) bond motifs is 1. The Kier molecular flexibility index (Phi) is 3.55. The van der Waals surface area contributed by atoms with Gasteiger partial charge in [-0.3, -0.25) is 0 Å². The molecule has 3 nitrogen and oxygen atoms in total. The molecule has 0 radical (unpaired) electrons. The molecule has 1 aliphatic carbocycles. The minimum absolute atomic E-state index is 0.0771. The van der Waals surface area contributed by atoms with Crippen LogP contribution in [-0.4, -0.2) is 29.2 Å². The molecular formula is C17H21BrFNO2. The van der Waals surface area contributed by atoms with Crippen LogP contribution in [0.4, 0.5) is 9.18 Å². The summed E-state index contributed by atoms with van der Waals surface area (Å²) < 4.78 is 20.6. The molecule has 3 rings (SSSR count). The molecule has 2 fully saturated rings. The van der Waals surface area contributed by atoms with Gasteiger partial charge in [0.2, 0.25) is 0 Å². The van der Waals surface area contributed by atoms with Gasteiger partial charge < -0.3 is 9.64 Å². The third-order valence-corrected chi connectivity index (χ3v) is 5.25. The molecule has 1 heterocycles. The standard InChI is InChI=1S/C17H21BrFNO2/c1-10-13-8-17(13,12-7-11(18)5-6-14(12)19)9-20(10)15(21)22-16(2,3)4/h5-7,10,13H,8-9H2,1-4H3/t10?,13-,17+/m0/s1. The Morgan fingerprint density at radius 2 is 2.14 bits per heavy atom. The molecule has 120 valence electrons. The van der Waals surface area contributed by atoms with Crippen LogP contribution >= 0.6 is 15.9 Å². The maximum Gasteiger partial charge on any atom is 0.410 e. The van der Waals surface area contributed by atoms with Gasteiger partial charge in [-0.25, -0.2) is 9.18 Å². The third-order valence-electron chi connectivity index (χ3n) is 4.75. The maximum atomic E-state index is 14.3. The average molecular weight is 370 g/mol. The predicted octanol–water partition coefficient (Wildman–Crippen LogP) is 4.49. The Morgan fingerprint density at radius 1 is 1.45 bits per heavy atom. The molecular weight excluding hydrogens is 349 g/mol. The first kappa shape index (κ1) is 15.8. The van der Waals surface area contributed by atoms with E-state index in [1.54, 1.807) is 11.0 Å². The summed E-state index contributed by atoms with van der Waals surface area (Å²) in [5.74, 6) is 0.118. The zero-order valence-corrected chi connectivity index (χ0v) is 14.9. The van der Waals surface area contributed by atoms with Gasteiger partial charge in [0.25, 0.3) is 0 Å². The molecule has 0 spiro atoms. The van der Waals surface area contributed by atoms with Crippen LogP contribution in [-0.2, 0) is 10.2 Å². The molecule has 1 aliphatic heterocycles. The molecule has 1 aromatic carbocycles. The van der Waals surface area contributed by atoms with Crippen molar-refractivity contribution in [1.82, 2.24) is 4.90 Å². The van der Waals surface area contributed by atoms with Crippen LogP contribution in [0.25, 0.3) is 0 Å². The van der Waals surface area contributed by atoms with E-state index in [2.05, 4.69) is 15.9 Å². The van der Waals surface area contributed by atoms with Crippen LogP contribution in [0.1, 0.15) is 39.7 Å². The number of piperidine rings is 1. The normalized spacial score (nSPS) is 30.2. The second kappa shape index (κ2) is 4.95. The lowest BCUT2D eigenvalue weighted by Gasteiger charge is -2.29. The van der Waals surface area contributed by atoms with E-state index >= 15 is 0 Å². The van der Waals surface area contributed by atoms with Gasteiger partial charge in [-0.15, -0.1) is 0 Å². The summed E-state index contributed by atoms with van der Waals surface area (Å²) in [6, 6.07) is 5.12. The number of hydrogen-bond donors (Lipinski definition) is 0. The summed E-state index contributed by atoms with van der Waals surface area (Å²) >= 11 is 3.41. The summed E-state index contributed by atoms with van der Waals surface area (Å²) in [6.07, 6.45) is 0.628. The summed E-state index contributed by atoms with van der Waals surface area (Å²) in [6.45, 7) is 8.13. The molecule has 1 aromatic rings. The van der Waals surface area contributed by atoms with E-state index in [9.17, 15) is 9.18 Å². The highest BCUT2D eigenvalue weighted by Crippen LogP contribution is 2.62. The highest BCUT2D eigenvalue weighted by Gasteiger charge is 2.66. The molecule has 22 heavy (non-hydrogen) atoms. The molecule has 1 saturated carbocycles. The van der Waals surface area contributed by atoms with Crippen molar-refractivity contribution in [2.24, 2.45) is 5.92 Å². The Bertz CT molecular complexity index is 628. The van der Waals surface area contributed by atoms with E-state index in [1.165, 1.54) is 6.07 Å². The van der Waals surface area contributed by atoms with Gasteiger partial charge >= 0.3 is 6.09 Å². The number of rotatable bonds is 1. The fraction of sp³-hybridized carbons (Fsp3) is 0.588. The Hall–Kier alpha value is -1.10. The molecule has 0 aromatic heterocycles. The Balaban J connectivity index is 1.85. The minimum atomic E-state index is -0.516. The van der Waals surface area contributed by atoms with Gasteiger partial charge in [-0.05, 0) is 63.8 Å². The molecule has 1 unspecified atom stereocenters. The molecule has 0 N–H and O–H groups in total. The van der Waals surface area contributed by atoms with Crippen LogP contribution in [0.2, 0.25) is 0 Å². The number of ether oxygens (including phenoxy) is 1. The summed E-state index contributed by atoms with van der Waals surface area (Å²) in [7, 11) is 0. The van der Waals surface area contributed by atoms with Crippen LogP contribution in [0.5, 0.6) is 0 Å². The molecule has 3 atom stereocenters. The van der Waals surface area contributed by atoms with Crippen LogP contribution in [0, 0.1) is 11.7 Å². The van der Waals surface area contributed by atoms with Crippen molar-refractivity contribution in [1.29, 1.82) is 0 Å². The largest absolute Gasteiger partial charge is 0.444 e. The lowest BCUT2D eigenvalue weighted by atomic mass is 9.94. The topological polar surface area (TPSA) is 29.5 Å². The lowest BCUT2D eigenvalue weighted by molar-refractivity contribution is 0.0204. The van der Waals surface area contributed by atoms with Crippen LogP contribution in [0.15, 0.2) is 22.7 Å². The smallest absolute Gasteiger partial charge is 0.410 e. The molecule has 1 amide bonds. The summed E-state index contributed by atoms with van der Waals surface area (Å²) in [5, 5.41) is 0. The number of benzene rings is 1. The van der Waals surface area contributed by atoms with Crippen molar-refractivity contribution >= 4 is 22.0 Å². The van der Waals surface area contributed by atoms with E-state index in [0.29, 0.717) is 18.0 Å². The van der Waals surface area contributed by atoms with Gasteiger partial charge in [0, 0.05) is 22.5 Å². The van der Waals surface area contributed by atoms with Gasteiger partial charge in [0.15, 0.2) is 0 Å². The van der Waals surface area contributed by atoms with E-state index < -0.39 is 5.60 Å². The summed E-state index contributed by atoms with van der Waals surface area (Å²) in [5.41, 5.74) is -0.0492. The average Bonchev–Trinajstić information content (AvgIpc) is 3.05. The quantitative estimate of drug-likeness (QED) is 0.729. The maximum absolute atomic E-state index is 14.3. The highest BCUT2D eigenvalue weighted by atomic mass is 79.9. The minimum Gasteiger partial charge on any atom is -0.444 e. The molecule has 5 heteroatoms. The third kappa shape index (κ3) is 2.53. The summed E-state index contributed by atoms with van der Waals surface area (Å²) in [4.78, 5) is 14.1. The van der Waals surface area contributed by atoms with Crippen molar-refractivity contribution in [3.8, 4) is 0 Å². The fourth-order valence-electron chi connectivity index (χ4n) is 3.64. The second-order valence-electron chi connectivity index (χ2n) is 7.44. The van der Waals surface area contributed by atoms with Crippen molar-refractivity contribution < 1.29 is 13.9 Å². The number of nitrogens with zero attached hydrogens (tertiary/aromatic N) is 1. The SMILES string of the molecule is CC1[C@@H]2C[C@]2(c2cc(Br)ccc2F)CN1C(=O)OC(C)(C)C.